The molecule has 20 heavy (non-hydrogen) atoms. The standard InChI is InChI=1S/C16H24N2O2/c1-18(9-5-2-6-10-19)16(20)15-12-17-11-13-7-3-4-8-14(13)15/h3-4,7-8,15,17,19H,2,5-6,9-12H2,1H3. The average molecular weight is 276 g/mol. The molecule has 0 fully saturated rings. The third-order valence-corrected chi connectivity index (χ3v) is 3.92. The molecule has 0 spiro atoms. The minimum atomic E-state index is -0.0669. The lowest BCUT2D eigenvalue weighted by Gasteiger charge is -2.29. The van der Waals surface area contributed by atoms with Gasteiger partial charge in [0, 0.05) is 33.3 Å². The van der Waals surface area contributed by atoms with Gasteiger partial charge in [0.2, 0.25) is 5.91 Å². The number of carbonyl (C=O) groups is 1. The highest BCUT2D eigenvalue weighted by Gasteiger charge is 2.27. The van der Waals surface area contributed by atoms with Gasteiger partial charge in [-0.05, 0) is 30.4 Å². The quantitative estimate of drug-likeness (QED) is 0.774. The van der Waals surface area contributed by atoms with Gasteiger partial charge in [-0.2, -0.15) is 0 Å². The molecule has 0 aliphatic carbocycles. The number of unbranched alkanes of at least 4 members (excludes halogenated alkanes) is 2. The van der Waals surface area contributed by atoms with Crippen molar-refractivity contribution in [2.24, 2.45) is 0 Å². The van der Waals surface area contributed by atoms with Crippen molar-refractivity contribution in [1.29, 1.82) is 0 Å². The van der Waals surface area contributed by atoms with Crippen molar-refractivity contribution in [3.05, 3.63) is 35.4 Å². The van der Waals surface area contributed by atoms with E-state index < -0.39 is 0 Å². The van der Waals surface area contributed by atoms with E-state index in [1.54, 1.807) is 0 Å². The van der Waals surface area contributed by atoms with Gasteiger partial charge in [-0.25, -0.2) is 0 Å². The number of fused-ring (bicyclic) bond motifs is 1. The van der Waals surface area contributed by atoms with E-state index in [0.717, 1.165) is 38.9 Å². The number of likely N-dealkylation sites (N-methyl/N-ethyl adjacent to an activating group) is 1. The second-order valence-corrected chi connectivity index (χ2v) is 5.43. The minimum Gasteiger partial charge on any atom is -0.396 e. The van der Waals surface area contributed by atoms with Crippen LogP contribution in [0.3, 0.4) is 0 Å². The third-order valence-electron chi connectivity index (χ3n) is 3.92. The van der Waals surface area contributed by atoms with Gasteiger partial charge in [0.25, 0.3) is 0 Å². The van der Waals surface area contributed by atoms with Gasteiger partial charge < -0.3 is 15.3 Å². The molecular formula is C16H24N2O2. The molecule has 1 aromatic carbocycles. The number of aliphatic hydroxyl groups is 1. The molecule has 1 amide bonds. The van der Waals surface area contributed by atoms with Crippen molar-refractivity contribution in [2.75, 3.05) is 26.7 Å². The highest BCUT2D eigenvalue weighted by molar-refractivity contribution is 5.84. The second-order valence-electron chi connectivity index (χ2n) is 5.43. The Hall–Kier alpha value is -1.39. The fraction of sp³-hybridized carbons (Fsp3) is 0.562. The van der Waals surface area contributed by atoms with Gasteiger partial charge in [-0.15, -0.1) is 0 Å². The summed E-state index contributed by atoms with van der Waals surface area (Å²) < 4.78 is 0. The molecule has 4 nitrogen and oxygen atoms in total. The number of aliphatic hydroxyl groups excluding tert-OH is 1. The number of hydrogen-bond donors (Lipinski definition) is 2. The summed E-state index contributed by atoms with van der Waals surface area (Å²) in [5.41, 5.74) is 2.39. The number of benzene rings is 1. The fourth-order valence-electron chi connectivity index (χ4n) is 2.73. The van der Waals surface area contributed by atoms with Crippen LogP contribution >= 0.6 is 0 Å². The second kappa shape index (κ2) is 7.41. The fourth-order valence-corrected chi connectivity index (χ4v) is 2.73. The van der Waals surface area contributed by atoms with Crippen LogP contribution in [-0.2, 0) is 11.3 Å². The summed E-state index contributed by atoms with van der Waals surface area (Å²) in [6.07, 6.45) is 2.73. The van der Waals surface area contributed by atoms with E-state index in [-0.39, 0.29) is 18.4 Å². The summed E-state index contributed by atoms with van der Waals surface area (Å²) in [5.74, 6) is 0.122. The Morgan fingerprint density at radius 2 is 2.15 bits per heavy atom. The van der Waals surface area contributed by atoms with Crippen LogP contribution in [0.15, 0.2) is 24.3 Å². The Morgan fingerprint density at radius 3 is 2.95 bits per heavy atom. The number of nitrogens with zero attached hydrogens (tertiary/aromatic N) is 1. The van der Waals surface area contributed by atoms with E-state index in [4.69, 9.17) is 5.11 Å². The first-order valence-electron chi connectivity index (χ1n) is 7.38. The number of hydrogen-bond acceptors (Lipinski definition) is 3. The van der Waals surface area contributed by atoms with Crippen molar-refractivity contribution in [3.8, 4) is 0 Å². The number of amides is 1. The predicted molar refractivity (Wildman–Crippen MR) is 79.5 cm³/mol. The number of rotatable bonds is 6. The monoisotopic (exact) mass is 276 g/mol. The molecule has 1 atom stereocenters. The molecule has 1 aliphatic heterocycles. The van der Waals surface area contributed by atoms with Crippen molar-refractivity contribution < 1.29 is 9.90 Å². The van der Waals surface area contributed by atoms with Crippen LogP contribution in [-0.4, -0.2) is 42.7 Å². The van der Waals surface area contributed by atoms with E-state index in [9.17, 15) is 4.79 Å². The number of nitrogens with one attached hydrogen (secondary N) is 1. The molecule has 0 saturated carbocycles. The zero-order chi connectivity index (χ0) is 14.4. The highest BCUT2D eigenvalue weighted by Crippen LogP contribution is 2.25. The summed E-state index contributed by atoms with van der Waals surface area (Å²) in [7, 11) is 1.87. The summed E-state index contributed by atoms with van der Waals surface area (Å²) in [6.45, 7) is 2.56. The van der Waals surface area contributed by atoms with Crippen LogP contribution in [0, 0.1) is 0 Å². The van der Waals surface area contributed by atoms with Gasteiger partial charge in [0.15, 0.2) is 0 Å². The maximum Gasteiger partial charge on any atom is 0.231 e. The van der Waals surface area contributed by atoms with E-state index in [1.807, 2.05) is 24.1 Å². The molecule has 1 heterocycles. The topological polar surface area (TPSA) is 52.6 Å². The molecule has 2 rings (SSSR count). The SMILES string of the molecule is CN(CCCCCO)C(=O)C1CNCc2ccccc21. The molecule has 1 aliphatic rings. The lowest BCUT2D eigenvalue weighted by atomic mass is 9.90. The largest absolute Gasteiger partial charge is 0.396 e. The molecule has 1 aromatic rings. The molecule has 110 valence electrons. The maximum atomic E-state index is 12.6. The highest BCUT2D eigenvalue weighted by atomic mass is 16.2. The van der Waals surface area contributed by atoms with Crippen molar-refractivity contribution in [2.45, 2.75) is 31.7 Å². The van der Waals surface area contributed by atoms with Gasteiger partial charge in [-0.3, -0.25) is 4.79 Å². The van der Waals surface area contributed by atoms with Crippen LogP contribution in [0.4, 0.5) is 0 Å². The van der Waals surface area contributed by atoms with Gasteiger partial charge in [-0.1, -0.05) is 24.3 Å². The minimum absolute atomic E-state index is 0.0669. The average Bonchev–Trinajstić information content (AvgIpc) is 2.50. The lowest BCUT2D eigenvalue weighted by Crippen LogP contribution is -2.40. The summed E-state index contributed by atoms with van der Waals surface area (Å²) in [4.78, 5) is 14.4. The first kappa shape index (κ1) is 15.0. The van der Waals surface area contributed by atoms with E-state index >= 15 is 0 Å². The Labute approximate surface area is 120 Å². The van der Waals surface area contributed by atoms with Crippen LogP contribution in [0.25, 0.3) is 0 Å². The van der Waals surface area contributed by atoms with Gasteiger partial charge in [0.1, 0.15) is 0 Å². The lowest BCUT2D eigenvalue weighted by molar-refractivity contribution is -0.131. The Bertz CT molecular complexity index is 448. The zero-order valence-corrected chi connectivity index (χ0v) is 12.1. The summed E-state index contributed by atoms with van der Waals surface area (Å²) in [6, 6.07) is 8.18. The normalized spacial score (nSPS) is 17.6. The van der Waals surface area contributed by atoms with Crippen molar-refractivity contribution in [3.63, 3.8) is 0 Å². The first-order chi connectivity index (χ1) is 9.74. The summed E-state index contributed by atoms with van der Waals surface area (Å²) in [5, 5.41) is 12.1. The Morgan fingerprint density at radius 1 is 1.35 bits per heavy atom. The van der Waals surface area contributed by atoms with E-state index in [0.29, 0.717) is 0 Å². The Balaban J connectivity index is 1.96. The van der Waals surface area contributed by atoms with Gasteiger partial charge >= 0.3 is 0 Å². The smallest absolute Gasteiger partial charge is 0.231 e. The molecule has 4 heteroatoms. The van der Waals surface area contributed by atoms with Crippen LogP contribution in [0.2, 0.25) is 0 Å². The van der Waals surface area contributed by atoms with Crippen molar-refractivity contribution in [1.82, 2.24) is 10.2 Å². The molecule has 0 radical (unpaired) electrons. The maximum absolute atomic E-state index is 12.6. The van der Waals surface area contributed by atoms with Crippen LogP contribution in [0.1, 0.15) is 36.3 Å². The third kappa shape index (κ3) is 3.58. The van der Waals surface area contributed by atoms with Gasteiger partial charge in [0.05, 0.1) is 5.92 Å². The first-order valence-corrected chi connectivity index (χ1v) is 7.38. The Kier molecular flexibility index (Phi) is 5.56. The van der Waals surface area contributed by atoms with E-state index in [2.05, 4.69) is 17.4 Å². The molecule has 0 bridgehead atoms. The molecule has 0 aromatic heterocycles. The zero-order valence-electron chi connectivity index (χ0n) is 12.1. The molecule has 1 unspecified atom stereocenters. The number of carbonyl (C=O) groups excluding carboxylic acids is 1. The van der Waals surface area contributed by atoms with Crippen molar-refractivity contribution >= 4 is 5.91 Å². The van der Waals surface area contributed by atoms with Crippen LogP contribution < -0.4 is 5.32 Å². The summed E-state index contributed by atoms with van der Waals surface area (Å²) >= 11 is 0. The predicted octanol–water partition coefficient (Wildman–Crippen LogP) is 1.49. The molecule has 2 N–H and O–H groups in total. The molecule has 0 saturated heterocycles. The molecular weight excluding hydrogens is 252 g/mol. The van der Waals surface area contributed by atoms with E-state index in [1.165, 1.54) is 11.1 Å². The van der Waals surface area contributed by atoms with Crippen LogP contribution in [0.5, 0.6) is 0 Å².